The van der Waals surface area contributed by atoms with Gasteiger partial charge < -0.3 is 28.8 Å². The van der Waals surface area contributed by atoms with E-state index in [1.807, 2.05) is 0 Å². The molecule has 0 unspecified atom stereocenters. The van der Waals surface area contributed by atoms with Crippen LogP contribution in [0.5, 0.6) is 0 Å². The number of rotatable bonds is 1. The van der Waals surface area contributed by atoms with Crippen LogP contribution in [0.15, 0.2) is 0 Å². The SMILES string of the molecule is [CH-]1CCCNC1.[CH-]=O.[CH2-]CC(=O)NC.[W]. The Morgan fingerprint density at radius 2 is 2.20 bits per heavy atom. The molecule has 1 fully saturated rings. The van der Waals surface area contributed by atoms with Gasteiger partial charge in [0.15, 0.2) is 5.91 Å². The molecule has 1 amide bonds. The number of hydrogen-bond acceptors (Lipinski definition) is 3. The van der Waals surface area contributed by atoms with E-state index < -0.39 is 0 Å². The van der Waals surface area contributed by atoms with Crippen LogP contribution in [0.4, 0.5) is 0 Å². The molecule has 0 aromatic rings. The van der Waals surface area contributed by atoms with E-state index >= 15 is 0 Å². The van der Waals surface area contributed by atoms with Crippen molar-refractivity contribution in [3.05, 3.63) is 13.3 Å². The predicted octanol–water partition coefficient (Wildman–Crippen LogP) is 0.254. The van der Waals surface area contributed by atoms with E-state index in [1.165, 1.54) is 19.4 Å². The average Bonchev–Trinajstić information content (AvgIpc) is 2.33. The molecule has 4 nitrogen and oxygen atoms in total. The zero-order valence-electron chi connectivity index (χ0n) is 9.12. The van der Waals surface area contributed by atoms with Crippen molar-refractivity contribution in [3.63, 3.8) is 0 Å². The molecule has 1 saturated heterocycles. The van der Waals surface area contributed by atoms with Gasteiger partial charge in [0.2, 0.25) is 0 Å². The predicted molar refractivity (Wildman–Crippen MR) is 57.2 cm³/mol. The second-order valence-corrected chi connectivity index (χ2v) is 2.56. The first kappa shape index (κ1) is 20.2. The Hall–Kier alpha value is -0.212. The maximum absolute atomic E-state index is 10.0. The van der Waals surface area contributed by atoms with Gasteiger partial charge in [-0.3, -0.25) is 11.6 Å². The summed E-state index contributed by atoms with van der Waals surface area (Å²) >= 11 is 0. The van der Waals surface area contributed by atoms with Gasteiger partial charge >= 0.3 is 0 Å². The summed E-state index contributed by atoms with van der Waals surface area (Å²) < 4.78 is 0. The van der Waals surface area contributed by atoms with E-state index in [0.717, 1.165) is 6.54 Å². The van der Waals surface area contributed by atoms with Crippen LogP contribution in [0, 0.1) is 13.3 Å². The molecule has 0 radical (unpaired) electrons. The number of hydrogen-bond donors (Lipinski definition) is 2. The molecule has 15 heavy (non-hydrogen) atoms. The fourth-order valence-corrected chi connectivity index (χ4v) is 0.803. The van der Waals surface area contributed by atoms with Gasteiger partial charge in [-0.2, -0.15) is 6.42 Å². The van der Waals surface area contributed by atoms with Crippen molar-refractivity contribution in [1.82, 2.24) is 10.6 Å². The van der Waals surface area contributed by atoms with Crippen LogP contribution in [0.3, 0.4) is 0 Å². The largest absolute Gasteiger partial charge is 0.545 e. The van der Waals surface area contributed by atoms with E-state index in [4.69, 9.17) is 4.79 Å². The molecule has 0 atom stereocenters. The average molecular weight is 383 g/mol. The quantitative estimate of drug-likeness (QED) is 0.505. The molecule has 1 aliphatic rings. The Labute approximate surface area is 107 Å². The molecule has 1 aliphatic heterocycles. The summed E-state index contributed by atoms with van der Waals surface area (Å²) in [6, 6.07) is 0. The Balaban J connectivity index is -0.000000156. The molecular weight excluding hydrogens is 364 g/mol. The minimum Gasteiger partial charge on any atom is -0.545 e. The van der Waals surface area contributed by atoms with Crippen molar-refractivity contribution in [2.75, 3.05) is 20.1 Å². The van der Waals surface area contributed by atoms with Crippen molar-refractivity contribution >= 4 is 12.7 Å². The molecule has 1 heterocycles. The molecular formula is C10H19N2O2W-3. The van der Waals surface area contributed by atoms with Gasteiger partial charge in [-0.15, -0.1) is 13.0 Å². The third-order valence-electron chi connectivity index (χ3n) is 1.56. The van der Waals surface area contributed by atoms with E-state index in [1.54, 1.807) is 7.05 Å². The van der Waals surface area contributed by atoms with Gasteiger partial charge in [-0.1, -0.05) is 6.42 Å². The third kappa shape index (κ3) is 20.0. The fraction of sp³-hybridized carbons (Fsp3) is 0.600. The Morgan fingerprint density at radius 1 is 1.60 bits per heavy atom. The van der Waals surface area contributed by atoms with E-state index in [-0.39, 0.29) is 27.0 Å². The summed E-state index contributed by atoms with van der Waals surface area (Å²) in [6.07, 6.45) is 5.26. The number of carbonyl (C=O) groups is 1. The molecule has 0 bridgehead atoms. The summed E-state index contributed by atoms with van der Waals surface area (Å²) in [6.45, 7) is 8.94. The van der Waals surface area contributed by atoms with Crippen molar-refractivity contribution in [3.8, 4) is 0 Å². The first-order valence-corrected chi connectivity index (χ1v) is 4.57. The molecule has 0 spiro atoms. The van der Waals surface area contributed by atoms with Crippen molar-refractivity contribution in [1.29, 1.82) is 0 Å². The normalized spacial score (nSPS) is 12.9. The Morgan fingerprint density at radius 3 is 2.27 bits per heavy atom. The number of piperidine rings is 1. The van der Waals surface area contributed by atoms with Crippen LogP contribution in [0.25, 0.3) is 0 Å². The zero-order chi connectivity index (χ0) is 11.2. The molecule has 1 rings (SSSR count). The smallest absolute Gasteiger partial charge is 0.189 e. The van der Waals surface area contributed by atoms with Gasteiger partial charge in [0, 0.05) is 28.1 Å². The first-order chi connectivity index (χ1) is 6.81. The molecule has 2 N–H and O–H groups in total. The van der Waals surface area contributed by atoms with E-state index in [9.17, 15) is 4.79 Å². The van der Waals surface area contributed by atoms with Crippen molar-refractivity contribution in [2.24, 2.45) is 0 Å². The maximum Gasteiger partial charge on any atom is 0.189 e. The standard InChI is InChI=1S/C5H10N.C4H8NO.CHO.W/c1-2-4-6-5-3-1;1-3-4(6)5-2;1-2;/h2,6H,1,3-5H2;1,3H2,2H3,(H,5,6);1H;/q3*-1;. The summed E-state index contributed by atoms with van der Waals surface area (Å²) in [7, 11) is 1.59. The topological polar surface area (TPSA) is 58.2 Å². The van der Waals surface area contributed by atoms with Crippen LogP contribution in [-0.4, -0.2) is 32.8 Å². The van der Waals surface area contributed by atoms with Gasteiger partial charge in [-0.05, 0) is 6.54 Å². The van der Waals surface area contributed by atoms with Gasteiger partial charge in [0.1, 0.15) is 0 Å². The Bertz CT molecular complexity index is 113. The minimum atomic E-state index is -0.0185. The van der Waals surface area contributed by atoms with E-state index in [2.05, 4.69) is 30.8 Å². The molecule has 0 aliphatic carbocycles. The second-order valence-electron chi connectivity index (χ2n) is 2.56. The monoisotopic (exact) mass is 383 g/mol. The maximum atomic E-state index is 10.0. The van der Waals surface area contributed by atoms with E-state index in [0.29, 0.717) is 6.42 Å². The van der Waals surface area contributed by atoms with Gasteiger partial charge in [0.05, 0.1) is 0 Å². The number of carbonyl (C=O) groups excluding carboxylic acids is 2. The van der Waals surface area contributed by atoms with Crippen LogP contribution in [-0.2, 0) is 30.7 Å². The second kappa shape index (κ2) is 19.4. The van der Waals surface area contributed by atoms with Crippen LogP contribution >= 0.6 is 0 Å². The summed E-state index contributed by atoms with van der Waals surface area (Å²) in [5.41, 5.74) is 0. The van der Waals surface area contributed by atoms with Crippen LogP contribution in [0.2, 0.25) is 0 Å². The molecule has 0 aromatic carbocycles. The third-order valence-corrected chi connectivity index (χ3v) is 1.56. The van der Waals surface area contributed by atoms with Gasteiger partial charge in [0.25, 0.3) is 0 Å². The molecule has 90 valence electrons. The van der Waals surface area contributed by atoms with Crippen molar-refractivity contribution in [2.45, 2.75) is 19.3 Å². The van der Waals surface area contributed by atoms with Gasteiger partial charge in [-0.25, -0.2) is 0 Å². The zero-order valence-corrected chi connectivity index (χ0v) is 12.1. The van der Waals surface area contributed by atoms with Crippen molar-refractivity contribution < 1.29 is 30.7 Å². The summed E-state index contributed by atoms with van der Waals surface area (Å²) in [5, 5.41) is 5.64. The number of amides is 1. The first-order valence-electron chi connectivity index (χ1n) is 4.57. The number of nitrogens with one attached hydrogen (secondary N) is 2. The molecule has 5 heteroatoms. The molecule has 0 aromatic heterocycles. The van der Waals surface area contributed by atoms with Crippen LogP contribution in [0.1, 0.15) is 19.3 Å². The summed E-state index contributed by atoms with van der Waals surface area (Å²) in [4.78, 5) is 17.8. The fourth-order valence-electron chi connectivity index (χ4n) is 0.803. The molecule has 0 saturated carbocycles. The minimum absolute atomic E-state index is 0. The summed E-state index contributed by atoms with van der Waals surface area (Å²) in [5.74, 6) is -0.0185. The Kier molecular flexibility index (Phi) is 26.1. The van der Waals surface area contributed by atoms with Crippen LogP contribution < -0.4 is 10.6 Å².